The quantitative estimate of drug-likeness (QED) is 0.552. The van der Waals surface area contributed by atoms with Crippen molar-refractivity contribution in [2.75, 3.05) is 5.32 Å². The number of para-hydroxylation sites is 1. The van der Waals surface area contributed by atoms with Gasteiger partial charge in [-0.2, -0.15) is 0 Å². The molecule has 0 aliphatic carbocycles. The lowest BCUT2D eigenvalue weighted by atomic mass is 10.2. The van der Waals surface area contributed by atoms with Gasteiger partial charge in [-0.15, -0.1) is 0 Å². The summed E-state index contributed by atoms with van der Waals surface area (Å²) in [5.41, 5.74) is 1.77. The van der Waals surface area contributed by atoms with Crippen molar-refractivity contribution in [1.82, 2.24) is 4.98 Å². The standard InChI is InChI=1S/C23H18N2O4/c1-15-11-20(26)21(28-14-16-7-3-2-4-8-16)22(29-15)23(27)25-18-12-17-9-5-6-10-19(17)24-13-18/h2-13H,14H2,1H3,(H,25,27). The number of fused-ring (bicyclic) bond motifs is 1. The molecule has 0 radical (unpaired) electrons. The maximum Gasteiger partial charge on any atom is 0.295 e. The summed E-state index contributed by atoms with van der Waals surface area (Å²) < 4.78 is 11.2. The third-order valence-corrected chi connectivity index (χ3v) is 4.31. The van der Waals surface area contributed by atoms with E-state index in [9.17, 15) is 9.59 Å². The normalized spacial score (nSPS) is 10.7. The van der Waals surface area contributed by atoms with Gasteiger partial charge in [-0.3, -0.25) is 14.6 Å². The van der Waals surface area contributed by atoms with Crippen molar-refractivity contribution in [3.05, 3.63) is 100 Å². The van der Waals surface area contributed by atoms with E-state index in [-0.39, 0.29) is 18.1 Å². The Morgan fingerprint density at radius 2 is 1.83 bits per heavy atom. The van der Waals surface area contributed by atoms with Crippen LogP contribution in [0, 0.1) is 6.92 Å². The number of aryl methyl sites for hydroxylation is 1. The molecule has 0 aliphatic heterocycles. The van der Waals surface area contributed by atoms with E-state index in [1.807, 2.05) is 54.6 Å². The number of benzene rings is 2. The number of hydrogen-bond donors (Lipinski definition) is 1. The van der Waals surface area contributed by atoms with Crippen LogP contribution in [0.15, 0.2) is 82.1 Å². The first-order valence-corrected chi connectivity index (χ1v) is 9.08. The number of ether oxygens (including phenoxy) is 1. The summed E-state index contributed by atoms with van der Waals surface area (Å²) in [6.07, 6.45) is 1.55. The van der Waals surface area contributed by atoms with Crippen LogP contribution in [0.25, 0.3) is 10.9 Å². The molecular weight excluding hydrogens is 368 g/mol. The third-order valence-electron chi connectivity index (χ3n) is 4.31. The van der Waals surface area contributed by atoms with Crippen LogP contribution < -0.4 is 15.5 Å². The van der Waals surface area contributed by atoms with Gasteiger partial charge in [0.1, 0.15) is 12.4 Å². The molecule has 6 heteroatoms. The van der Waals surface area contributed by atoms with Crippen molar-refractivity contribution in [3.8, 4) is 5.75 Å². The first-order valence-electron chi connectivity index (χ1n) is 9.08. The number of amides is 1. The summed E-state index contributed by atoms with van der Waals surface area (Å²) in [7, 11) is 0. The molecule has 144 valence electrons. The lowest BCUT2D eigenvalue weighted by molar-refractivity contribution is 0.0984. The molecule has 1 amide bonds. The second-order valence-corrected chi connectivity index (χ2v) is 6.52. The summed E-state index contributed by atoms with van der Waals surface area (Å²) in [6.45, 7) is 1.75. The number of pyridine rings is 1. The molecular formula is C23H18N2O4. The number of hydrogen-bond acceptors (Lipinski definition) is 5. The smallest absolute Gasteiger partial charge is 0.295 e. The Morgan fingerprint density at radius 3 is 2.66 bits per heavy atom. The van der Waals surface area contributed by atoms with Gasteiger partial charge in [0.15, 0.2) is 0 Å². The molecule has 1 N–H and O–H groups in total. The highest BCUT2D eigenvalue weighted by atomic mass is 16.5. The number of anilines is 1. The monoisotopic (exact) mass is 386 g/mol. The van der Waals surface area contributed by atoms with E-state index in [1.54, 1.807) is 19.2 Å². The highest BCUT2D eigenvalue weighted by Gasteiger charge is 2.21. The molecule has 0 saturated carbocycles. The summed E-state index contributed by atoms with van der Waals surface area (Å²) in [5.74, 6) is -0.542. The zero-order valence-electron chi connectivity index (χ0n) is 15.7. The molecule has 0 aliphatic rings. The van der Waals surface area contributed by atoms with Crippen LogP contribution in [0.5, 0.6) is 5.75 Å². The predicted molar refractivity (Wildman–Crippen MR) is 110 cm³/mol. The van der Waals surface area contributed by atoms with E-state index < -0.39 is 11.3 Å². The molecule has 2 aromatic heterocycles. The van der Waals surface area contributed by atoms with Gasteiger partial charge in [0.25, 0.3) is 5.91 Å². The summed E-state index contributed by atoms with van der Waals surface area (Å²) in [4.78, 5) is 29.6. The Balaban J connectivity index is 1.61. The second kappa shape index (κ2) is 7.98. The number of nitrogens with one attached hydrogen (secondary N) is 1. The topological polar surface area (TPSA) is 81.4 Å². The number of rotatable bonds is 5. The largest absolute Gasteiger partial charge is 0.481 e. The highest BCUT2D eigenvalue weighted by molar-refractivity contribution is 6.04. The van der Waals surface area contributed by atoms with Crippen molar-refractivity contribution >= 4 is 22.5 Å². The molecule has 0 bridgehead atoms. The molecule has 0 saturated heterocycles. The van der Waals surface area contributed by atoms with Gasteiger partial charge >= 0.3 is 0 Å². The maximum atomic E-state index is 12.8. The van der Waals surface area contributed by atoms with Crippen molar-refractivity contribution in [1.29, 1.82) is 0 Å². The van der Waals surface area contributed by atoms with Crippen LogP contribution in [-0.2, 0) is 6.61 Å². The minimum Gasteiger partial charge on any atom is -0.481 e. The Hall–Kier alpha value is -3.93. The van der Waals surface area contributed by atoms with Gasteiger partial charge < -0.3 is 14.5 Å². The van der Waals surface area contributed by atoms with Crippen LogP contribution in [0.4, 0.5) is 5.69 Å². The fourth-order valence-corrected chi connectivity index (χ4v) is 2.94. The summed E-state index contributed by atoms with van der Waals surface area (Å²) >= 11 is 0. The first kappa shape index (κ1) is 18.4. The van der Waals surface area contributed by atoms with Gasteiger partial charge in [0, 0.05) is 11.5 Å². The van der Waals surface area contributed by atoms with E-state index in [2.05, 4.69) is 10.3 Å². The minimum absolute atomic E-state index is 0.120. The molecule has 4 rings (SSSR count). The molecule has 0 unspecified atom stereocenters. The Morgan fingerprint density at radius 1 is 1.07 bits per heavy atom. The van der Waals surface area contributed by atoms with Gasteiger partial charge in [-0.05, 0) is 24.6 Å². The van der Waals surface area contributed by atoms with Gasteiger partial charge in [0.2, 0.25) is 16.9 Å². The lowest BCUT2D eigenvalue weighted by Gasteiger charge is -2.11. The van der Waals surface area contributed by atoms with Crippen LogP contribution in [0.1, 0.15) is 21.9 Å². The molecule has 29 heavy (non-hydrogen) atoms. The van der Waals surface area contributed by atoms with E-state index in [0.29, 0.717) is 11.4 Å². The second-order valence-electron chi connectivity index (χ2n) is 6.52. The van der Waals surface area contributed by atoms with E-state index >= 15 is 0 Å². The van der Waals surface area contributed by atoms with E-state index in [1.165, 1.54) is 6.07 Å². The molecule has 0 spiro atoms. The SMILES string of the molecule is Cc1cc(=O)c(OCc2ccccc2)c(C(=O)Nc2cnc3ccccc3c2)o1. The fourth-order valence-electron chi connectivity index (χ4n) is 2.94. The number of carbonyl (C=O) groups excluding carboxylic acids is 1. The van der Waals surface area contributed by atoms with Crippen LogP contribution in [-0.4, -0.2) is 10.9 Å². The average Bonchev–Trinajstić information content (AvgIpc) is 2.73. The zero-order valence-corrected chi connectivity index (χ0v) is 15.7. The fraction of sp³-hybridized carbons (Fsp3) is 0.0870. The zero-order chi connectivity index (χ0) is 20.2. The number of nitrogens with zero attached hydrogens (tertiary/aromatic N) is 1. The number of carbonyl (C=O) groups is 1. The summed E-state index contributed by atoms with van der Waals surface area (Å²) in [5, 5.41) is 3.61. The van der Waals surface area contributed by atoms with Crippen LogP contribution in [0.2, 0.25) is 0 Å². The molecule has 4 aromatic rings. The van der Waals surface area contributed by atoms with Crippen molar-refractivity contribution in [2.45, 2.75) is 13.5 Å². The van der Waals surface area contributed by atoms with E-state index in [4.69, 9.17) is 9.15 Å². The molecule has 2 heterocycles. The van der Waals surface area contributed by atoms with Crippen molar-refractivity contribution in [3.63, 3.8) is 0 Å². The van der Waals surface area contributed by atoms with Crippen molar-refractivity contribution < 1.29 is 13.9 Å². The first-order chi connectivity index (χ1) is 14.1. The molecule has 0 atom stereocenters. The minimum atomic E-state index is -0.578. The predicted octanol–water partition coefficient (Wildman–Crippen LogP) is 4.33. The number of aromatic nitrogens is 1. The third kappa shape index (κ3) is 4.16. The van der Waals surface area contributed by atoms with Crippen LogP contribution in [0.3, 0.4) is 0 Å². The van der Waals surface area contributed by atoms with E-state index in [0.717, 1.165) is 16.5 Å². The van der Waals surface area contributed by atoms with Gasteiger partial charge in [-0.1, -0.05) is 48.5 Å². The molecule has 0 fully saturated rings. The van der Waals surface area contributed by atoms with Crippen LogP contribution >= 0.6 is 0 Å². The lowest BCUT2D eigenvalue weighted by Crippen LogP contribution is -2.19. The summed E-state index contributed by atoms with van der Waals surface area (Å²) in [6, 6.07) is 20.1. The molecule has 6 nitrogen and oxygen atoms in total. The van der Waals surface area contributed by atoms with Gasteiger partial charge in [-0.25, -0.2) is 0 Å². The maximum absolute atomic E-state index is 12.8. The van der Waals surface area contributed by atoms with Crippen molar-refractivity contribution in [2.24, 2.45) is 0 Å². The molecule has 2 aromatic carbocycles. The van der Waals surface area contributed by atoms with Gasteiger partial charge in [0.05, 0.1) is 17.4 Å². The Bertz CT molecular complexity index is 1230. The average molecular weight is 386 g/mol. The Kier molecular flexibility index (Phi) is 5.07. The highest BCUT2D eigenvalue weighted by Crippen LogP contribution is 2.21. The Labute approximate surface area is 166 Å².